The van der Waals surface area contributed by atoms with Gasteiger partial charge in [0.1, 0.15) is 0 Å². The quantitative estimate of drug-likeness (QED) is 0.831. The van der Waals surface area contributed by atoms with E-state index >= 15 is 0 Å². The highest BCUT2D eigenvalue weighted by molar-refractivity contribution is 5.66. The minimum atomic E-state index is 0.865. The van der Waals surface area contributed by atoms with Crippen LogP contribution in [0.15, 0.2) is 54.6 Å². The van der Waals surface area contributed by atoms with E-state index in [1.54, 1.807) is 0 Å². The highest BCUT2D eigenvalue weighted by Gasteiger charge is 2.38. The van der Waals surface area contributed by atoms with Gasteiger partial charge in [0, 0.05) is 31.9 Å². The van der Waals surface area contributed by atoms with Crippen LogP contribution in [0, 0.1) is 11.8 Å². The third kappa shape index (κ3) is 2.44. The van der Waals surface area contributed by atoms with Crippen molar-refractivity contribution >= 4 is 5.69 Å². The second kappa shape index (κ2) is 5.19. The summed E-state index contributed by atoms with van der Waals surface area (Å²) in [4.78, 5) is 5.04. The molecule has 2 aromatic carbocycles. The van der Waals surface area contributed by atoms with Crippen LogP contribution < -0.4 is 4.90 Å². The number of nitrogens with zero attached hydrogens (tertiary/aromatic N) is 2. The fourth-order valence-electron chi connectivity index (χ4n) is 3.93. The molecular formula is C19H22N2. The van der Waals surface area contributed by atoms with E-state index in [2.05, 4.69) is 71.4 Å². The van der Waals surface area contributed by atoms with Crippen LogP contribution in [-0.2, 0) is 0 Å². The van der Waals surface area contributed by atoms with Crippen molar-refractivity contribution in [2.24, 2.45) is 11.8 Å². The Labute approximate surface area is 127 Å². The van der Waals surface area contributed by atoms with E-state index in [0.717, 1.165) is 11.8 Å². The Bertz CT molecular complexity index is 591. The van der Waals surface area contributed by atoms with Crippen molar-refractivity contribution in [1.29, 1.82) is 0 Å². The summed E-state index contributed by atoms with van der Waals surface area (Å²) in [7, 11) is 2.25. The molecule has 2 aliphatic heterocycles. The summed E-state index contributed by atoms with van der Waals surface area (Å²) < 4.78 is 0. The van der Waals surface area contributed by atoms with Crippen LogP contribution in [0.2, 0.25) is 0 Å². The second-order valence-corrected chi connectivity index (χ2v) is 6.56. The molecule has 2 unspecified atom stereocenters. The Kier molecular flexibility index (Phi) is 3.19. The van der Waals surface area contributed by atoms with Crippen LogP contribution in [-0.4, -0.2) is 38.1 Å². The molecule has 2 heteroatoms. The van der Waals surface area contributed by atoms with Crippen LogP contribution in [0.4, 0.5) is 5.69 Å². The Hall–Kier alpha value is -1.80. The summed E-state index contributed by atoms with van der Waals surface area (Å²) in [5, 5.41) is 0. The topological polar surface area (TPSA) is 6.48 Å². The van der Waals surface area contributed by atoms with Gasteiger partial charge in [0.05, 0.1) is 0 Å². The number of benzene rings is 2. The van der Waals surface area contributed by atoms with E-state index in [0.29, 0.717) is 0 Å². The largest absolute Gasteiger partial charge is 0.371 e. The first-order valence-electron chi connectivity index (χ1n) is 7.88. The molecule has 2 atom stereocenters. The lowest BCUT2D eigenvalue weighted by Gasteiger charge is -2.21. The number of hydrogen-bond donors (Lipinski definition) is 0. The monoisotopic (exact) mass is 278 g/mol. The van der Waals surface area contributed by atoms with E-state index in [1.807, 2.05) is 0 Å². The van der Waals surface area contributed by atoms with Crippen LogP contribution >= 0.6 is 0 Å². The van der Waals surface area contributed by atoms with Gasteiger partial charge in [-0.15, -0.1) is 0 Å². The molecule has 0 aromatic heterocycles. The lowest BCUT2D eigenvalue weighted by Crippen LogP contribution is -2.26. The van der Waals surface area contributed by atoms with Crippen molar-refractivity contribution in [2.75, 3.05) is 38.1 Å². The van der Waals surface area contributed by atoms with Crippen molar-refractivity contribution in [3.8, 4) is 11.1 Å². The van der Waals surface area contributed by atoms with Crippen molar-refractivity contribution in [1.82, 2.24) is 4.90 Å². The van der Waals surface area contributed by atoms with Crippen molar-refractivity contribution in [3.63, 3.8) is 0 Å². The minimum Gasteiger partial charge on any atom is -0.371 e. The van der Waals surface area contributed by atoms with Gasteiger partial charge in [-0.1, -0.05) is 42.5 Å². The molecule has 0 bridgehead atoms. The minimum absolute atomic E-state index is 0.865. The van der Waals surface area contributed by atoms with Crippen LogP contribution in [0.1, 0.15) is 0 Å². The molecule has 108 valence electrons. The summed E-state index contributed by atoms with van der Waals surface area (Å²) in [6.07, 6.45) is 0. The van der Waals surface area contributed by atoms with Crippen molar-refractivity contribution in [2.45, 2.75) is 0 Å². The van der Waals surface area contributed by atoms with Gasteiger partial charge in [0.15, 0.2) is 0 Å². The zero-order valence-electron chi connectivity index (χ0n) is 12.6. The summed E-state index contributed by atoms with van der Waals surface area (Å²) in [6.45, 7) is 4.98. The van der Waals surface area contributed by atoms with E-state index in [9.17, 15) is 0 Å². The fourth-order valence-corrected chi connectivity index (χ4v) is 3.93. The third-order valence-electron chi connectivity index (χ3n) is 5.01. The average Bonchev–Trinajstić information content (AvgIpc) is 3.06. The smallest absolute Gasteiger partial charge is 0.0366 e. The number of fused-ring (bicyclic) bond motifs is 1. The Balaban J connectivity index is 1.50. The molecule has 4 rings (SSSR count). The molecule has 0 radical (unpaired) electrons. The molecule has 2 nitrogen and oxygen atoms in total. The van der Waals surface area contributed by atoms with Gasteiger partial charge >= 0.3 is 0 Å². The highest BCUT2D eigenvalue weighted by atomic mass is 15.2. The third-order valence-corrected chi connectivity index (χ3v) is 5.01. The van der Waals surface area contributed by atoms with Gasteiger partial charge in [-0.3, -0.25) is 0 Å². The molecule has 0 spiro atoms. The SMILES string of the molecule is CN1CC2CN(c3ccc(-c4ccccc4)cc3)CC2C1. The molecule has 0 N–H and O–H groups in total. The second-order valence-electron chi connectivity index (χ2n) is 6.56. The fraction of sp³-hybridized carbons (Fsp3) is 0.368. The number of hydrogen-bond acceptors (Lipinski definition) is 2. The summed E-state index contributed by atoms with van der Waals surface area (Å²) >= 11 is 0. The lowest BCUT2D eigenvalue weighted by atomic mass is 10.0. The number of anilines is 1. The van der Waals surface area contributed by atoms with Gasteiger partial charge in [0.2, 0.25) is 0 Å². The predicted molar refractivity (Wildman–Crippen MR) is 88.6 cm³/mol. The zero-order valence-corrected chi connectivity index (χ0v) is 12.6. The molecule has 2 fully saturated rings. The Morgan fingerprint density at radius 3 is 1.90 bits per heavy atom. The van der Waals surface area contributed by atoms with Crippen molar-refractivity contribution in [3.05, 3.63) is 54.6 Å². The summed E-state index contributed by atoms with van der Waals surface area (Å²) in [5.41, 5.74) is 3.98. The molecule has 21 heavy (non-hydrogen) atoms. The predicted octanol–water partition coefficient (Wildman–Crippen LogP) is 3.35. The van der Waals surface area contributed by atoms with E-state index in [-0.39, 0.29) is 0 Å². The van der Waals surface area contributed by atoms with Gasteiger partial charge in [0.25, 0.3) is 0 Å². The first kappa shape index (κ1) is 12.9. The van der Waals surface area contributed by atoms with Crippen molar-refractivity contribution < 1.29 is 0 Å². The van der Waals surface area contributed by atoms with E-state index < -0.39 is 0 Å². The maximum atomic E-state index is 2.57. The lowest BCUT2D eigenvalue weighted by molar-refractivity contribution is 0.387. The van der Waals surface area contributed by atoms with Gasteiger partial charge in [-0.2, -0.15) is 0 Å². The van der Waals surface area contributed by atoms with Crippen LogP contribution in [0.25, 0.3) is 11.1 Å². The summed E-state index contributed by atoms with van der Waals surface area (Å²) in [6, 6.07) is 19.7. The standard InChI is InChI=1S/C19H22N2/c1-20-11-17-13-21(14-18(17)12-20)19-9-7-16(8-10-19)15-5-3-2-4-6-15/h2-10,17-18H,11-14H2,1H3. The molecule has 2 aliphatic rings. The zero-order chi connectivity index (χ0) is 14.2. The van der Waals surface area contributed by atoms with E-state index in [1.165, 1.54) is 43.0 Å². The Morgan fingerprint density at radius 2 is 1.29 bits per heavy atom. The molecule has 2 aromatic rings. The first-order valence-corrected chi connectivity index (χ1v) is 7.88. The van der Waals surface area contributed by atoms with E-state index in [4.69, 9.17) is 0 Å². The molecule has 0 amide bonds. The normalized spacial score (nSPS) is 25.3. The molecule has 0 saturated carbocycles. The first-order chi connectivity index (χ1) is 10.3. The molecule has 0 aliphatic carbocycles. The number of likely N-dealkylation sites (tertiary alicyclic amines) is 1. The maximum Gasteiger partial charge on any atom is 0.0366 e. The molecule has 2 saturated heterocycles. The molecular weight excluding hydrogens is 256 g/mol. The van der Waals surface area contributed by atoms with Gasteiger partial charge in [-0.05, 0) is 42.1 Å². The maximum absolute atomic E-state index is 2.57. The van der Waals surface area contributed by atoms with Gasteiger partial charge in [-0.25, -0.2) is 0 Å². The highest BCUT2D eigenvalue weighted by Crippen LogP contribution is 2.34. The average molecular weight is 278 g/mol. The Morgan fingerprint density at radius 1 is 0.714 bits per heavy atom. The van der Waals surface area contributed by atoms with Gasteiger partial charge < -0.3 is 9.80 Å². The van der Waals surface area contributed by atoms with Crippen LogP contribution in [0.3, 0.4) is 0 Å². The summed E-state index contributed by atoms with van der Waals surface area (Å²) in [5.74, 6) is 1.73. The van der Waals surface area contributed by atoms with Crippen LogP contribution in [0.5, 0.6) is 0 Å². The number of rotatable bonds is 2. The molecule has 2 heterocycles.